The number of hydrogen-bond acceptors (Lipinski definition) is 5. The van der Waals surface area contributed by atoms with Crippen molar-refractivity contribution in [2.75, 3.05) is 38.2 Å². The monoisotopic (exact) mass is 368 g/mol. The molecule has 2 heterocycles. The van der Waals surface area contributed by atoms with E-state index in [9.17, 15) is 9.59 Å². The largest absolute Gasteiger partial charge is 0.379 e. The topological polar surface area (TPSA) is 83.6 Å². The van der Waals surface area contributed by atoms with E-state index in [0.717, 1.165) is 26.3 Å². The molecule has 7 heteroatoms. The minimum absolute atomic E-state index is 0.160. The van der Waals surface area contributed by atoms with Crippen LogP contribution in [0, 0.1) is 0 Å². The zero-order chi connectivity index (χ0) is 19.1. The van der Waals surface area contributed by atoms with Crippen molar-refractivity contribution < 1.29 is 14.3 Å². The first kappa shape index (κ1) is 19.0. The van der Waals surface area contributed by atoms with E-state index in [2.05, 4.69) is 27.4 Å². The molecule has 0 spiro atoms. The van der Waals surface area contributed by atoms with Crippen molar-refractivity contribution >= 4 is 17.5 Å². The number of hydrogen-bond donors (Lipinski definition) is 2. The van der Waals surface area contributed by atoms with Crippen LogP contribution in [0.2, 0.25) is 0 Å². The number of ether oxygens (including phenoxy) is 1. The molecule has 7 nitrogen and oxygen atoms in total. The lowest BCUT2D eigenvalue weighted by molar-refractivity contribution is 0.0204. The van der Waals surface area contributed by atoms with Crippen LogP contribution >= 0.6 is 0 Å². The zero-order valence-corrected chi connectivity index (χ0v) is 15.4. The number of morpholine rings is 1. The molecule has 1 saturated heterocycles. The number of carbonyl (C=O) groups is 2. The number of nitrogens with zero attached hydrogens (tertiary/aromatic N) is 2. The third-order valence-corrected chi connectivity index (χ3v) is 4.53. The smallest absolute Gasteiger partial charge is 0.257 e. The molecular weight excluding hydrogens is 344 g/mol. The summed E-state index contributed by atoms with van der Waals surface area (Å²) in [5, 5.41) is 5.75. The van der Waals surface area contributed by atoms with Gasteiger partial charge >= 0.3 is 0 Å². The Balaban J connectivity index is 1.56. The minimum atomic E-state index is -0.262. The highest BCUT2D eigenvalue weighted by Crippen LogP contribution is 2.12. The Bertz CT molecular complexity index is 776. The molecule has 2 amide bonds. The lowest BCUT2D eigenvalue weighted by Gasteiger charge is -2.32. The second kappa shape index (κ2) is 9.25. The summed E-state index contributed by atoms with van der Waals surface area (Å²) in [5.74, 6) is -0.422. The standard InChI is InChI=1S/C20H24N4O3/c1-15(24-8-10-27-11-9-24)13-22-19(25)16-4-2-6-18(12-16)23-20(26)17-5-3-7-21-14-17/h2-7,12,14-15H,8-11,13H2,1H3,(H,22,25)(H,23,26). The molecule has 1 aliphatic rings. The summed E-state index contributed by atoms with van der Waals surface area (Å²) in [6.07, 6.45) is 3.11. The SMILES string of the molecule is CC(CNC(=O)c1cccc(NC(=O)c2cccnc2)c1)N1CCOCC1. The number of rotatable bonds is 6. The van der Waals surface area contributed by atoms with Crippen LogP contribution in [-0.2, 0) is 4.74 Å². The molecule has 0 bridgehead atoms. The van der Waals surface area contributed by atoms with Crippen LogP contribution in [0.25, 0.3) is 0 Å². The lowest BCUT2D eigenvalue weighted by atomic mass is 10.1. The summed E-state index contributed by atoms with van der Waals surface area (Å²) in [6, 6.07) is 10.5. The molecule has 2 N–H and O–H groups in total. The van der Waals surface area contributed by atoms with Gasteiger partial charge in [0, 0.05) is 49.3 Å². The third kappa shape index (κ3) is 5.35. The highest BCUT2D eigenvalue weighted by molar-refractivity contribution is 6.04. The highest BCUT2D eigenvalue weighted by atomic mass is 16.5. The van der Waals surface area contributed by atoms with Crippen LogP contribution in [0.4, 0.5) is 5.69 Å². The summed E-state index contributed by atoms with van der Waals surface area (Å²) in [5.41, 5.74) is 1.54. The second-order valence-corrected chi connectivity index (χ2v) is 6.48. The molecule has 1 fully saturated rings. The first-order valence-electron chi connectivity index (χ1n) is 9.05. The molecule has 3 rings (SSSR count). The normalized spacial score (nSPS) is 15.7. The fraction of sp³-hybridized carbons (Fsp3) is 0.350. The number of amides is 2. The van der Waals surface area contributed by atoms with Gasteiger partial charge < -0.3 is 15.4 Å². The number of anilines is 1. The fourth-order valence-electron chi connectivity index (χ4n) is 2.93. The molecule has 27 heavy (non-hydrogen) atoms. The van der Waals surface area contributed by atoms with Gasteiger partial charge in [-0.25, -0.2) is 0 Å². The van der Waals surface area contributed by atoms with E-state index in [-0.39, 0.29) is 17.9 Å². The molecule has 0 radical (unpaired) electrons. The Morgan fingerprint density at radius 2 is 1.93 bits per heavy atom. The van der Waals surface area contributed by atoms with Crippen LogP contribution < -0.4 is 10.6 Å². The molecule has 142 valence electrons. The molecular formula is C20H24N4O3. The molecule has 1 aromatic heterocycles. The van der Waals surface area contributed by atoms with E-state index >= 15 is 0 Å². The van der Waals surface area contributed by atoms with Gasteiger partial charge in [0.1, 0.15) is 0 Å². The van der Waals surface area contributed by atoms with E-state index in [1.54, 1.807) is 42.6 Å². The van der Waals surface area contributed by atoms with Gasteiger partial charge in [-0.05, 0) is 37.3 Å². The number of aromatic nitrogens is 1. The lowest BCUT2D eigenvalue weighted by Crippen LogP contribution is -2.47. The van der Waals surface area contributed by atoms with E-state index < -0.39 is 0 Å². The van der Waals surface area contributed by atoms with Crippen molar-refractivity contribution in [3.8, 4) is 0 Å². The average Bonchev–Trinajstić information content (AvgIpc) is 2.73. The van der Waals surface area contributed by atoms with Crippen molar-refractivity contribution in [1.29, 1.82) is 0 Å². The van der Waals surface area contributed by atoms with Gasteiger partial charge in [-0.1, -0.05) is 6.07 Å². The molecule has 1 unspecified atom stereocenters. The molecule has 1 aliphatic heterocycles. The number of benzene rings is 1. The van der Waals surface area contributed by atoms with Crippen molar-refractivity contribution in [1.82, 2.24) is 15.2 Å². The summed E-state index contributed by atoms with van der Waals surface area (Å²) in [4.78, 5) is 30.9. The predicted molar refractivity (Wildman–Crippen MR) is 103 cm³/mol. The predicted octanol–water partition coefficient (Wildman–Crippen LogP) is 1.78. The van der Waals surface area contributed by atoms with Crippen LogP contribution in [-0.4, -0.2) is 60.6 Å². The fourth-order valence-corrected chi connectivity index (χ4v) is 2.93. The van der Waals surface area contributed by atoms with Crippen molar-refractivity contribution in [2.24, 2.45) is 0 Å². The number of pyridine rings is 1. The van der Waals surface area contributed by atoms with Crippen molar-refractivity contribution in [3.05, 3.63) is 59.9 Å². The summed E-state index contributed by atoms with van der Waals surface area (Å²) >= 11 is 0. The Kier molecular flexibility index (Phi) is 6.51. The van der Waals surface area contributed by atoms with Crippen LogP contribution in [0.1, 0.15) is 27.6 Å². The van der Waals surface area contributed by atoms with Crippen molar-refractivity contribution in [2.45, 2.75) is 13.0 Å². The van der Waals surface area contributed by atoms with E-state index in [4.69, 9.17) is 4.74 Å². The van der Waals surface area contributed by atoms with Crippen LogP contribution in [0.15, 0.2) is 48.8 Å². The average molecular weight is 368 g/mol. The number of carbonyl (C=O) groups excluding carboxylic acids is 2. The maximum absolute atomic E-state index is 12.5. The maximum atomic E-state index is 12.5. The minimum Gasteiger partial charge on any atom is -0.379 e. The first-order chi connectivity index (χ1) is 13.1. The molecule has 0 aliphatic carbocycles. The summed E-state index contributed by atoms with van der Waals surface area (Å²) in [6.45, 7) is 5.88. The van der Waals surface area contributed by atoms with E-state index in [0.29, 0.717) is 23.4 Å². The van der Waals surface area contributed by atoms with Gasteiger partial charge in [0.05, 0.1) is 18.8 Å². The molecule has 0 saturated carbocycles. The molecule has 2 aromatic rings. The maximum Gasteiger partial charge on any atom is 0.257 e. The van der Waals surface area contributed by atoms with Gasteiger partial charge in [-0.3, -0.25) is 19.5 Å². The molecule has 1 atom stereocenters. The van der Waals surface area contributed by atoms with Gasteiger partial charge in [-0.15, -0.1) is 0 Å². The van der Waals surface area contributed by atoms with Crippen molar-refractivity contribution in [3.63, 3.8) is 0 Å². The number of nitrogens with one attached hydrogen (secondary N) is 2. The third-order valence-electron chi connectivity index (χ3n) is 4.53. The highest BCUT2D eigenvalue weighted by Gasteiger charge is 2.18. The van der Waals surface area contributed by atoms with Crippen LogP contribution in [0.5, 0.6) is 0 Å². The molecule has 1 aromatic carbocycles. The van der Waals surface area contributed by atoms with Gasteiger partial charge in [-0.2, -0.15) is 0 Å². The van der Waals surface area contributed by atoms with E-state index in [1.807, 2.05) is 0 Å². The van der Waals surface area contributed by atoms with E-state index in [1.165, 1.54) is 6.20 Å². The quantitative estimate of drug-likeness (QED) is 0.812. The zero-order valence-electron chi connectivity index (χ0n) is 15.4. The van der Waals surface area contributed by atoms with Gasteiger partial charge in [0.25, 0.3) is 11.8 Å². The second-order valence-electron chi connectivity index (χ2n) is 6.48. The Morgan fingerprint density at radius 1 is 1.15 bits per heavy atom. The summed E-state index contributed by atoms with van der Waals surface area (Å²) in [7, 11) is 0. The van der Waals surface area contributed by atoms with Gasteiger partial charge in [0.2, 0.25) is 0 Å². The Hall–Kier alpha value is -2.77. The summed E-state index contributed by atoms with van der Waals surface area (Å²) < 4.78 is 5.35. The Morgan fingerprint density at radius 3 is 2.67 bits per heavy atom. The van der Waals surface area contributed by atoms with Crippen LogP contribution in [0.3, 0.4) is 0 Å². The Labute approximate surface area is 158 Å². The first-order valence-corrected chi connectivity index (χ1v) is 9.05. The van der Waals surface area contributed by atoms with Gasteiger partial charge in [0.15, 0.2) is 0 Å².